The summed E-state index contributed by atoms with van der Waals surface area (Å²) in [6.45, 7) is 1.29. The van der Waals surface area contributed by atoms with E-state index < -0.39 is 0 Å². The average molecular weight is 242 g/mol. The minimum absolute atomic E-state index is 0.250. The van der Waals surface area contributed by atoms with Gasteiger partial charge in [0.15, 0.2) is 6.29 Å². The van der Waals surface area contributed by atoms with Crippen LogP contribution >= 0.6 is 11.8 Å². The maximum atomic E-state index is 12.1. The molecule has 4 heteroatoms. The average Bonchev–Trinajstić information content (AvgIpc) is 2.89. The molecule has 16 heavy (non-hydrogen) atoms. The van der Waals surface area contributed by atoms with Crippen molar-refractivity contribution in [1.82, 2.24) is 0 Å². The van der Waals surface area contributed by atoms with Crippen molar-refractivity contribution in [3.05, 3.63) is 0 Å². The van der Waals surface area contributed by atoms with Gasteiger partial charge in [0.1, 0.15) is 5.78 Å². The van der Waals surface area contributed by atoms with Gasteiger partial charge in [0.2, 0.25) is 0 Å². The summed E-state index contributed by atoms with van der Waals surface area (Å²) in [6, 6.07) is 0. The Morgan fingerprint density at radius 3 is 2.38 bits per heavy atom. The first-order valence-corrected chi connectivity index (χ1v) is 7.17. The van der Waals surface area contributed by atoms with Gasteiger partial charge in [-0.3, -0.25) is 4.79 Å². The summed E-state index contributed by atoms with van der Waals surface area (Å²) in [6.07, 6.45) is 5.03. The van der Waals surface area contributed by atoms with Gasteiger partial charge in [-0.05, 0) is 25.7 Å². The second kappa shape index (κ2) is 4.67. The van der Waals surface area contributed by atoms with E-state index in [0.717, 1.165) is 23.3 Å². The van der Waals surface area contributed by atoms with Crippen LogP contribution in [-0.2, 0) is 14.3 Å². The van der Waals surface area contributed by atoms with E-state index in [-0.39, 0.29) is 12.2 Å². The van der Waals surface area contributed by atoms with Gasteiger partial charge in [0.25, 0.3) is 0 Å². The second-order valence-corrected chi connectivity index (χ2v) is 6.57. The molecule has 0 amide bonds. The molecule has 0 aromatic carbocycles. The van der Waals surface area contributed by atoms with Gasteiger partial charge in [0, 0.05) is 16.4 Å². The quantitative estimate of drug-likeness (QED) is 0.758. The highest BCUT2D eigenvalue weighted by Crippen LogP contribution is 2.46. The molecule has 3 rings (SSSR count). The first kappa shape index (κ1) is 11.1. The van der Waals surface area contributed by atoms with Crippen molar-refractivity contribution in [2.75, 3.05) is 13.2 Å². The highest BCUT2D eigenvalue weighted by molar-refractivity contribution is 8.00. The fourth-order valence-electron chi connectivity index (χ4n) is 2.98. The van der Waals surface area contributed by atoms with E-state index in [1.165, 1.54) is 12.8 Å². The number of Topliss-reactive ketones (excluding diaryl/α,β-unsaturated/α-hetero) is 1. The Hall–Kier alpha value is -0.0600. The van der Waals surface area contributed by atoms with Gasteiger partial charge in [-0.15, -0.1) is 0 Å². The Morgan fingerprint density at radius 1 is 1.12 bits per heavy atom. The normalized spacial score (nSPS) is 39.1. The summed E-state index contributed by atoms with van der Waals surface area (Å²) in [5.74, 6) is 0.649. The molecular weight excluding hydrogens is 224 g/mol. The van der Waals surface area contributed by atoms with Gasteiger partial charge < -0.3 is 9.47 Å². The summed E-state index contributed by atoms with van der Waals surface area (Å²) in [5.41, 5.74) is 0. The van der Waals surface area contributed by atoms with Crippen molar-refractivity contribution in [1.29, 1.82) is 0 Å². The van der Waals surface area contributed by atoms with Crippen LogP contribution in [0.3, 0.4) is 0 Å². The van der Waals surface area contributed by atoms with Crippen LogP contribution in [0, 0.1) is 5.92 Å². The number of carbonyl (C=O) groups is 1. The standard InChI is InChI=1S/C12H18O3S/c13-11(7-12-14-3-4-15-12)8-5-9-1-2-10(6-8)16-9/h8-10,12H,1-7H2. The zero-order valence-corrected chi connectivity index (χ0v) is 10.2. The van der Waals surface area contributed by atoms with Crippen molar-refractivity contribution in [2.24, 2.45) is 5.92 Å². The maximum Gasteiger partial charge on any atom is 0.164 e. The molecule has 3 aliphatic rings. The number of rotatable bonds is 3. The summed E-state index contributed by atoms with van der Waals surface area (Å²) in [4.78, 5) is 12.1. The van der Waals surface area contributed by atoms with E-state index in [1.54, 1.807) is 0 Å². The van der Waals surface area contributed by atoms with Crippen LogP contribution in [-0.4, -0.2) is 35.8 Å². The number of ketones is 1. The maximum absolute atomic E-state index is 12.1. The van der Waals surface area contributed by atoms with Crippen molar-refractivity contribution < 1.29 is 14.3 Å². The van der Waals surface area contributed by atoms with E-state index in [4.69, 9.17) is 9.47 Å². The smallest absolute Gasteiger partial charge is 0.164 e. The molecular formula is C12H18O3S. The number of hydrogen-bond acceptors (Lipinski definition) is 4. The molecule has 3 nitrogen and oxygen atoms in total. The molecule has 90 valence electrons. The summed E-state index contributed by atoms with van der Waals surface area (Å²) in [5, 5.41) is 1.50. The number of carbonyl (C=O) groups excluding carboxylic acids is 1. The molecule has 0 aliphatic carbocycles. The van der Waals surface area contributed by atoms with Gasteiger partial charge in [-0.25, -0.2) is 0 Å². The third-order valence-corrected chi connectivity index (χ3v) is 5.43. The van der Waals surface area contributed by atoms with Crippen molar-refractivity contribution in [2.45, 2.75) is 48.9 Å². The topological polar surface area (TPSA) is 35.5 Å². The molecule has 3 saturated heterocycles. The van der Waals surface area contributed by atoms with Crippen LogP contribution in [0.15, 0.2) is 0 Å². The SMILES string of the molecule is O=C(CC1OCCO1)C1CC2CCC(C1)S2. The predicted molar refractivity (Wildman–Crippen MR) is 62.4 cm³/mol. The molecule has 2 unspecified atom stereocenters. The molecule has 0 aromatic heterocycles. The third kappa shape index (κ3) is 2.29. The Balaban J connectivity index is 1.54. The predicted octanol–water partition coefficient (Wildman–Crippen LogP) is 1.99. The number of ether oxygens (including phenoxy) is 2. The Bertz CT molecular complexity index is 263. The van der Waals surface area contributed by atoms with E-state index in [1.807, 2.05) is 0 Å². The number of thioether (sulfide) groups is 1. The monoisotopic (exact) mass is 242 g/mol. The number of fused-ring (bicyclic) bond motifs is 2. The van der Waals surface area contributed by atoms with Crippen molar-refractivity contribution in [3.8, 4) is 0 Å². The van der Waals surface area contributed by atoms with E-state index in [9.17, 15) is 4.79 Å². The third-order valence-electron chi connectivity index (χ3n) is 3.80. The lowest BCUT2D eigenvalue weighted by atomic mass is 9.92. The van der Waals surface area contributed by atoms with Crippen LogP contribution in [0.5, 0.6) is 0 Å². The van der Waals surface area contributed by atoms with Crippen LogP contribution in [0.4, 0.5) is 0 Å². The largest absolute Gasteiger partial charge is 0.350 e. The molecule has 0 radical (unpaired) electrons. The molecule has 0 saturated carbocycles. The van der Waals surface area contributed by atoms with Crippen LogP contribution in [0.2, 0.25) is 0 Å². The van der Waals surface area contributed by atoms with Gasteiger partial charge in [-0.1, -0.05) is 0 Å². The Kier molecular flexibility index (Phi) is 3.22. The first-order chi connectivity index (χ1) is 7.81. The zero-order chi connectivity index (χ0) is 11.0. The lowest BCUT2D eigenvalue weighted by Crippen LogP contribution is -2.27. The van der Waals surface area contributed by atoms with E-state index in [2.05, 4.69) is 11.8 Å². The molecule has 3 aliphatic heterocycles. The molecule has 3 heterocycles. The summed E-state index contributed by atoms with van der Waals surface area (Å²) >= 11 is 2.10. The molecule has 0 N–H and O–H groups in total. The Labute approximate surface area is 100 Å². The minimum atomic E-state index is -0.250. The highest BCUT2D eigenvalue weighted by atomic mass is 32.2. The lowest BCUT2D eigenvalue weighted by Gasteiger charge is -2.26. The zero-order valence-electron chi connectivity index (χ0n) is 9.39. The molecule has 2 atom stereocenters. The molecule has 2 bridgehead atoms. The van der Waals surface area contributed by atoms with Crippen molar-refractivity contribution in [3.63, 3.8) is 0 Å². The van der Waals surface area contributed by atoms with Crippen LogP contribution in [0.25, 0.3) is 0 Å². The fourth-order valence-corrected chi connectivity index (χ4v) is 4.75. The highest BCUT2D eigenvalue weighted by Gasteiger charge is 2.38. The fraction of sp³-hybridized carbons (Fsp3) is 0.917. The summed E-state index contributed by atoms with van der Waals surface area (Å²) in [7, 11) is 0. The van der Waals surface area contributed by atoms with Gasteiger partial charge in [-0.2, -0.15) is 11.8 Å². The van der Waals surface area contributed by atoms with Crippen LogP contribution in [0.1, 0.15) is 32.1 Å². The van der Waals surface area contributed by atoms with E-state index >= 15 is 0 Å². The van der Waals surface area contributed by atoms with Crippen LogP contribution < -0.4 is 0 Å². The summed E-state index contributed by atoms with van der Waals surface area (Å²) < 4.78 is 10.7. The lowest BCUT2D eigenvalue weighted by molar-refractivity contribution is -0.131. The second-order valence-electron chi connectivity index (χ2n) is 4.97. The van der Waals surface area contributed by atoms with Gasteiger partial charge in [0.05, 0.1) is 19.6 Å². The first-order valence-electron chi connectivity index (χ1n) is 6.22. The number of hydrogen-bond donors (Lipinski definition) is 0. The molecule has 3 fully saturated rings. The van der Waals surface area contributed by atoms with Gasteiger partial charge >= 0.3 is 0 Å². The molecule has 0 aromatic rings. The Morgan fingerprint density at radius 2 is 1.75 bits per heavy atom. The van der Waals surface area contributed by atoms with Crippen molar-refractivity contribution >= 4 is 17.5 Å². The minimum Gasteiger partial charge on any atom is -0.350 e. The van der Waals surface area contributed by atoms with E-state index in [0.29, 0.717) is 25.4 Å². The molecule has 0 spiro atoms.